The summed E-state index contributed by atoms with van der Waals surface area (Å²) in [5.41, 5.74) is 2.04. The molecule has 1 N–H and O–H groups in total. The molecule has 0 saturated carbocycles. The first kappa shape index (κ1) is 17.9. The normalized spacial score (nSPS) is 10.8. The highest BCUT2D eigenvalue weighted by molar-refractivity contribution is 5.66. The monoisotopic (exact) mass is 358 g/mol. The lowest BCUT2D eigenvalue weighted by atomic mass is 9.98. The number of benzene rings is 3. The number of rotatable bonds is 5. The van der Waals surface area contributed by atoms with E-state index in [1.807, 2.05) is 6.07 Å². The van der Waals surface area contributed by atoms with Crippen LogP contribution in [0, 0.1) is 17.5 Å². The maximum absolute atomic E-state index is 13.9. The molecule has 134 valence electrons. The smallest absolute Gasteiger partial charge is 0.170 e. The van der Waals surface area contributed by atoms with E-state index in [2.05, 4.69) is 0 Å². The quantitative estimate of drug-likeness (QED) is 0.673. The van der Waals surface area contributed by atoms with Gasteiger partial charge in [-0.05, 0) is 65.9 Å². The van der Waals surface area contributed by atoms with Crippen molar-refractivity contribution in [3.63, 3.8) is 0 Å². The van der Waals surface area contributed by atoms with E-state index < -0.39 is 17.4 Å². The molecular weight excluding hydrogens is 341 g/mol. The fraction of sp³-hybridized carbons (Fsp3) is 0.143. The molecule has 0 aliphatic heterocycles. The summed E-state index contributed by atoms with van der Waals surface area (Å²) in [5.74, 6) is -2.01. The highest BCUT2D eigenvalue weighted by Gasteiger charge is 2.14. The number of aromatic hydroxyl groups is 1. The summed E-state index contributed by atoms with van der Waals surface area (Å²) in [6, 6.07) is 13.5. The van der Waals surface area contributed by atoms with Crippen LogP contribution >= 0.6 is 0 Å². The Bertz CT molecular complexity index is 939. The van der Waals surface area contributed by atoms with Gasteiger partial charge in [0.25, 0.3) is 0 Å². The van der Waals surface area contributed by atoms with Crippen molar-refractivity contribution >= 4 is 0 Å². The van der Waals surface area contributed by atoms with Crippen LogP contribution < -0.4 is 4.74 Å². The average Bonchev–Trinajstić information content (AvgIpc) is 2.64. The Labute approximate surface area is 149 Å². The van der Waals surface area contributed by atoms with Crippen molar-refractivity contribution in [3.8, 4) is 22.6 Å². The zero-order valence-corrected chi connectivity index (χ0v) is 14.1. The molecule has 3 rings (SSSR count). The Morgan fingerprint density at radius 2 is 1.69 bits per heavy atom. The SMILES string of the molecule is COc1cc(CCc2c(F)ccc(O)c2F)cc(-c2cccc(F)c2)c1. The summed E-state index contributed by atoms with van der Waals surface area (Å²) in [5, 5.41) is 9.43. The molecule has 2 nitrogen and oxygen atoms in total. The summed E-state index contributed by atoms with van der Waals surface area (Å²) in [4.78, 5) is 0. The van der Waals surface area contributed by atoms with Crippen molar-refractivity contribution in [1.29, 1.82) is 0 Å². The number of ether oxygens (including phenoxy) is 1. The lowest BCUT2D eigenvalue weighted by molar-refractivity contribution is 0.414. The topological polar surface area (TPSA) is 29.5 Å². The molecule has 0 atom stereocenters. The Morgan fingerprint density at radius 1 is 0.885 bits per heavy atom. The van der Waals surface area contributed by atoms with Crippen LogP contribution in [0.4, 0.5) is 13.2 Å². The minimum atomic E-state index is -0.946. The van der Waals surface area contributed by atoms with Gasteiger partial charge in [0, 0.05) is 5.56 Å². The molecule has 5 heteroatoms. The Balaban J connectivity index is 1.91. The molecular formula is C21H17F3O2. The van der Waals surface area contributed by atoms with E-state index >= 15 is 0 Å². The molecule has 0 aliphatic rings. The fourth-order valence-electron chi connectivity index (χ4n) is 2.84. The Kier molecular flexibility index (Phi) is 5.16. The minimum Gasteiger partial charge on any atom is -0.505 e. The molecule has 26 heavy (non-hydrogen) atoms. The molecule has 0 bridgehead atoms. The largest absolute Gasteiger partial charge is 0.505 e. The molecule has 0 amide bonds. The van der Waals surface area contributed by atoms with Crippen molar-refractivity contribution in [1.82, 2.24) is 0 Å². The molecule has 0 radical (unpaired) electrons. The first-order valence-corrected chi connectivity index (χ1v) is 8.07. The van der Waals surface area contributed by atoms with Gasteiger partial charge in [-0.3, -0.25) is 0 Å². The number of phenolic OH excluding ortho intramolecular Hbond substituents is 1. The van der Waals surface area contributed by atoms with Crippen molar-refractivity contribution in [2.45, 2.75) is 12.8 Å². The van der Waals surface area contributed by atoms with E-state index in [1.165, 1.54) is 19.2 Å². The molecule has 0 aliphatic carbocycles. The Hall–Kier alpha value is -2.95. The maximum Gasteiger partial charge on any atom is 0.170 e. The number of hydrogen-bond donors (Lipinski definition) is 1. The zero-order chi connectivity index (χ0) is 18.7. The standard InChI is InChI=1S/C21H17F3O2/c1-26-17-10-13(5-6-18-19(23)7-8-20(25)21(18)24)9-15(12-17)14-3-2-4-16(22)11-14/h2-4,7-12,25H,5-6H2,1H3. The fourth-order valence-corrected chi connectivity index (χ4v) is 2.84. The molecule has 3 aromatic rings. The molecule has 0 unspecified atom stereocenters. The predicted molar refractivity (Wildman–Crippen MR) is 93.8 cm³/mol. The minimum absolute atomic E-state index is 0.0713. The highest BCUT2D eigenvalue weighted by Crippen LogP contribution is 2.28. The number of aryl methyl sites for hydroxylation is 1. The lowest BCUT2D eigenvalue weighted by Crippen LogP contribution is -2.00. The van der Waals surface area contributed by atoms with E-state index in [1.54, 1.807) is 24.3 Å². The molecule has 0 spiro atoms. The van der Waals surface area contributed by atoms with E-state index in [0.29, 0.717) is 17.7 Å². The first-order chi connectivity index (χ1) is 12.5. The van der Waals surface area contributed by atoms with Gasteiger partial charge in [-0.15, -0.1) is 0 Å². The predicted octanol–water partition coefficient (Wildman–Crippen LogP) is 5.27. The van der Waals surface area contributed by atoms with Gasteiger partial charge in [0.05, 0.1) is 7.11 Å². The zero-order valence-electron chi connectivity index (χ0n) is 14.1. The van der Waals surface area contributed by atoms with E-state index in [0.717, 1.165) is 23.3 Å². The van der Waals surface area contributed by atoms with Crippen LogP contribution in [-0.2, 0) is 12.8 Å². The van der Waals surface area contributed by atoms with Crippen LogP contribution in [0.25, 0.3) is 11.1 Å². The van der Waals surface area contributed by atoms with Gasteiger partial charge in [0.2, 0.25) is 0 Å². The summed E-state index contributed by atoms with van der Waals surface area (Å²) >= 11 is 0. The second kappa shape index (κ2) is 7.52. The maximum atomic E-state index is 13.9. The van der Waals surface area contributed by atoms with E-state index in [9.17, 15) is 18.3 Å². The summed E-state index contributed by atoms with van der Waals surface area (Å²) in [7, 11) is 1.52. The molecule has 0 aromatic heterocycles. The first-order valence-electron chi connectivity index (χ1n) is 8.07. The van der Waals surface area contributed by atoms with E-state index in [4.69, 9.17) is 4.74 Å². The molecule has 0 saturated heterocycles. The number of phenols is 1. The number of hydrogen-bond acceptors (Lipinski definition) is 2. The van der Waals surface area contributed by atoms with Crippen LogP contribution in [0.5, 0.6) is 11.5 Å². The van der Waals surface area contributed by atoms with Crippen LogP contribution in [-0.4, -0.2) is 12.2 Å². The number of methoxy groups -OCH3 is 1. The third kappa shape index (κ3) is 3.82. The molecule has 0 fully saturated rings. The van der Waals surface area contributed by atoms with Gasteiger partial charge in [-0.1, -0.05) is 18.2 Å². The van der Waals surface area contributed by atoms with Crippen molar-refractivity contribution in [3.05, 3.63) is 83.2 Å². The number of halogens is 3. The van der Waals surface area contributed by atoms with E-state index in [-0.39, 0.29) is 17.8 Å². The van der Waals surface area contributed by atoms with Crippen LogP contribution in [0.15, 0.2) is 54.6 Å². The van der Waals surface area contributed by atoms with Gasteiger partial charge >= 0.3 is 0 Å². The van der Waals surface area contributed by atoms with Crippen molar-refractivity contribution < 1.29 is 23.0 Å². The van der Waals surface area contributed by atoms with Crippen molar-refractivity contribution in [2.75, 3.05) is 7.11 Å². The highest BCUT2D eigenvalue weighted by atomic mass is 19.1. The molecule has 3 aromatic carbocycles. The van der Waals surface area contributed by atoms with Crippen LogP contribution in [0.1, 0.15) is 11.1 Å². The third-order valence-corrected chi connectivity index (χ3v) is 4.19. The second-order valence-electron chi connectivity index (χ2n) is 5.94. The lowest BCUT2D eigenvalue weighted by Gasteiger charge is -2.11. The second-order valence-corrected chi connectivity index (χ2v) is 5.94. The van der Waals surface area contributed by atoms with Crippen LogP contribution in [0.2, 0.25) is 0 Å². The van der Waals surface area contributed by atoms with Gasteiger partial charge in [-0.25, -0.2) is 13.2 Å². The van der Waals surface area contributed by atoms with Crippen molar-refractivity contribution in [2.24, 2.45) is 0 Å². The summed E-state index contributed by atoms with van der Waals surface area (Å²) in [6.07, 6.45) is 0.401. The van der Waals surface area contributed by atoms with Gasteiger partial charge < -0.3 is 9.84 Å². The van der Waals surface area contributed by atoms with Gasteiger partial charge in [-0.2, -0.15) is 0 Å². The molecule has 0 heterocycles. The summed E-state index contributed by atoms with van der Waals surface area (Å²) < 4.78 is 46.6. The van der Waals surface area contributed by atoms with Crippen LogP contribution in [0.3, 0.4) is 0 Å². The summed E-state index contributed by atoms with van der Waals surface area (Å²) in [6.45, 7) is 0. The average molecular weight is 358 g/mol. The third-order valence-electron chi connectivity index (χ3n) is 4.19. The van der Waals surface area contributed by atoms with Gasteiger partial charge in [0.1, 0.15) is 17.4 Å². The van der Waals surface area contributed by atoms with Gasteiger partial charge in [0.15, 0.2) is 11.6 Å². The Morgan fingerprint density at radius 3 is 2.42 bits per heavy atom.